The van der Waals surface area contributed by atoms with Gasteiger partial charge in [0.15, 0.2) is 0 Å². The number of nitrogens with one attached hydrogen (secondary N) is 2. The van der Waals surface area contributed by atoms with Crippen molar-refractivity contribution in [2.24, 2.45) is 0 Å². The molecule has 0 atom stereocenters. The summed E-state index contributed by atoms with van der Waals surface area (Å²) in [5, 5.41) is 25.0. The maximum atomic E-state index is 11.6. The number of nitrogens with zero attached hydrogens (tertiary/aromatic N) is 5. The number of carboxylic acid groups (broad SMARTS) is 1. The first-order chi connectivity index (χ1) is 16.5. The van der Waals surface area contributed by atoms with Gasteiger partial charge < -0.3 is 20.6 Å². The third kappa shape index (κ3) is 3.99. The highest BCUT2D eigenvalue weighted by Crippen LogP contribution is 2.35. The number of rotatable bonds is 6. The number of pyridine rings is 1. The maximum absolute atomic E-state index is 11.6. The third-order valence-electron chi connectivity index (χ3n) is 6.10. The van der Waals surface area contributed by atoms with E-state index in [0.29, 0.717) is 30.9 Å². The summed E-state index contributed by atoms with van der Waals surface area (Å²) in [6, 6.07) is 13.5. The number of nitriles is 1. The van der Waals surface area contributed by atoms with Gasteiger partial charge in [0.25, 0.3) is 0 Å². The monoisotopic (exact) mass is 455 g/mol. The van der Waals surface area contributed by atoms with Crippen molar-refractivity contribution in [3.8, 4) is 6.07 Å². The first-order valence-corrected chi connectivity index (χ1v) is 10.8. The summed E-state index contributed by atoms with van der Waals surface area (Å²) in [5.74, 6) is 0.432. The number of carbonyl (C=O) groups excluding carboxylic acids is 1. The highest BCUT2D eigenvalue weighted by molar-refractivity contribution is 5.99. The van der Waals surface area contributed by atoms with E-state index in [1.54, 1.807) is 12.4 Å². The van der Waals surface area contributed by atoms with Gasteiger partial charge >= 0.3 is 6.09 Å². The molecule has 2 aromatic heterocycles. The van der Waals surface area contributed by atoms with E-state index in [2.05, 4.69) is 31.7 Å². The summed E-state index contributed by atoms with van der Waals surface area (Å²) in [6.07, 6.45) is 3.84. The molecule has 34 heavy (non-hydrogen) atoms. The molecule has 4 heterocycles. The minimum absolute atomic E-state index is 0.0177. The summed E-state index contributed by atoms with van der Waals surface area (Å²) in [7, 11) is 0. The number of anilines is 3. The lowest BCUT2D eigenvalue weighted by Crippen LogP contribution is -2.60. The van der Waals surface area contributed by atoms with Crippen LogP contribution >= 0.6 is 0 Å². The largest absolute Gasteiger partial charge is 0.465 e. The summed E-state index contributed by atoms with van der Waals surface area (Å²) in [5.41, 5.74) is 3.98. The van der Waals surface area contributed by atoms with Crippen LogP contribution in [0.2, 0.25) is 0 Å². The van der Waals surface area contributed by atoms with Crippen LogP contribution in [0.3, 0.4) is 0 Å². The van der Waals surface area contributed by atoms with Gasteiger partial charge in [0.2, 0.25) is 11.9 Å². The molecule has 2 aliphatic heterocycles. The number of fused-ring (bicyclic) bond motifs is 1. The van der Waals surface area contributed by atoms with Crippen molar-refractivity contribution in [3.05, 3.63) is 71.3 Å². The number of likely N-dealkylation sites (tertiary alicyclic amines) is 1. The van der Waals surface area contributed by atoms with E-state index in [4.69, 9.17) is 0 Å². The Morgan fingerprint density at radius 1 is 1.21 bits per heavy atom. The van der Waals surface area contributed by atoms with Gasteiger partial charge in [-0.05, 0) is 54.3 Å². The molecule has 10 heteroatoms. The number of benzene rings is 1. The molecule has 0 bridgehead atoms. The molecule has 0 spiro atoms. The lowest BCUT2D eigenvalue weighted by Gasteiger charge is -2.44. The minimum Gasteiger partial charge on any atom is -0.465 e. The van der Waals surface area contributed by atoms with Gasteiger partial charge in [-0.3, -0.25) is 9.78 Å². The molecule has 3 aromatic rings. The smallest absolute Gasteiger partial charge is 0.407 e. The lowest BCUT2D eigenvalue weighted by molar-refractivity contribution is -0.115. The van der Waals surface area contributed by atoms with Crippen LogP contribution in [0.4, 0.5) is 22.1 Å². The van der Waals surface area contributed by atoms with Gasteiger partial charge in [-0.1, -0.05) is 6.07 Å². The van der Waals surface area contributed by atoms with Crippen molar-refractivity contribution in [1.82, 2.24) is 19.9 Å². The SMILES string of the molecule is N#CC1(c2ncccc2CCc2ccnc(Nc3ccc4c(c3)CC(=O)N4)n2)CN(C(=O)O)C1. The summed E-state index contributed by atoms with van der Waals surface area (Å²) in [6.45, 7) is 0.235. The number of aromatic nitrogens is 3. The van der Waals surface area contributed by atoms with E-state index < -0.39 is 11.5 Å². The summed E-state index contributed by atoms with van der Waals surface area (Å²) >= 11 is 0. The van der Waals surface area contributed by atoms with E-state index in [1.165, 1.54) is 4.90 Å². The van der Waals surface area contributed by atoms with Crippen LogP contribution in [0.25, 0.3) is 0 Å². The Hall–Kier alpha value is -4.52. The molecule has 1 saturated heterocycles. The maximum Gasteiger partial charge on any atom is 0.407 e. The first kappa shape index (κ1) is 21.3. The van der Waals surface area contributed by atoms with Gasteiger partial charge in [-0.15, -0.1) is 0 Å². The second kappa shape index (κ2) is 8.44. The number of carbonyl (C=O) groups is 2. The zero-order valence-corrected chi connectivity index (χ0v) is 18.2. The van der Waals surface area contributed by atoms with E-state index in [9.17, 15) is 20.0 Å². The fraction of sp³-hybridized carbons (Fsp3) is 0.250. The van der Waals surface area contributed by atoms with Crippen LogP contribution in [0, 0.1) is 11.3 Å². The molecule has 2 aliphatic rings. The molecule has 2 amide bonds. The molecule has 1 aromatic carbocycles. The molecule has 3 N–H and O–H groups in total. The number of amides is 2. The molecule has 0 radical (unpaired) electrons. The predicted molar refractivity (Wildman–Crippen MR) is 123 cm³/mol. The normalized spacial score (nSPS) is 15.6. The molecule has 170 valence electrons. The molecule has 0 aliphatic carbocycles. The van der Waals surface area contributed by atoms with Crippen molar-refractivity contribution in [2.45, 2.75) is 24.7 Å². The molecule has 10 nitrogen and oxygen atoms in total. The Labute approximate surface area is 195 Å². The van der Waals surface area contributed by atoms with E-state index >= 15 is 0 Å². The fourth-order valence-corrected chi connectivity index (χ4v) is 4.38. The zero-order chi connectivity index (χ0) is 23.7. The highest BCUT2D eigenvalue weighted by atomic mass is 16.4. The van der Waals surface area contributed by atoms with E-state index in [1.807, 2.05) is 36.4 Å². The van der Waals surface area contributed by atoms with Crippen LogP contribution < -0.4 is 10.6 Å². The molecular formula is C24H21N7O3. The van der Waals surface area contributed by atoms with Crippen molar-refractivity contribution in [3.63, 3.8) is 0 Å². The number of hydrogen-bond donors (Lipinski definition) is 3. The quantitative estimate of drug-likeness (QED) is 0.515. The van der Waals surface area contributed by atoms with Crippen LogP contribution in [0.1, 0.15) is 22.5 Å². The third-order valence-corrected chi connectivity index (χ3v) is 6.10. The zero-order valence-electron chi connectivity index (χ0n) is 18.2. The average molecular weight is 455 g/mol. The minimum atomic E-state index is -1.03. The highest BCUT2D eigenvalue weighted by Gasteiger charge is 2.49. The number of aryl methyl sites for hydroxylation is 2. The topological polar surface area (TPSA) is 144 Å². The van der Waals surface area contributed by atoms with Crippen molar-refractivity contribution >= 4 is 29.3 Å². The Morgan fingerprint density at radius 2 is 2.06 bits per heavy atom. The summed E-state index contributed by atoms with van der Waals surface area (Å²) < 4.78 is 0. The summed E-state index contributed by atoms with van der Waals surface area (Å²) in [4.78, 5) is 37.3. The lowest BCUT2D eigenvalue weighted by atomic mass is 9.76. The number of hydrogen-bond acceptors (Lipinski definition) is 7. The van der Waals surface area contributed by atoms with Crippen LogP contribution in [-0.2, 0) is 29.5 Å². The average Bonchev–Trinajstić information content (AvgIpc) is 3.17. The second-order valence-electron chi connectivity index (χ2n) is 8.44. The standard InChI is InChI=1S/C24H21N7O3/c25-12-24(13-31(14-24)23(33)34)21-15(2-1-8-26-21)3-4-17-7-9-27-22(28-17)29-18-5-6-19-16(10-18)11-20(32)30-19/h1-2,5-10H,3-4,11,13-14H2,(H,30,32)(H,33,34)(H,27,28,29). The second-order valence-corrected chi connectivity index (χ2v) is 8.44. The van der Waals surface area contributed by atoms with Crippen LogP contribution in [-0.4, -0.2) is 50.0 Å². The van der Waals surface area contributed by atoms with Gasteiger partial charge in [-0.25, -0.2) is 14.8 Å². The predicted octanol–water partition coefficient (Wildman–Crippen LogP) is 2.65. The fourth-order valence-electron chi connectivity index (χ4n) is 4.38. The van der Waals surface area contributed by atoms with Gasteiger partial charge in [-0.2, -0.15) is 5.26 Å². The van der Waals surface area contributed by atoms with Crippen LogP contribution in [0.15, 0.2) is 48.8 Å². The Morgan fingerprint density at radius 3 is 2.85 bits per heavy atom. The van der Waals surface area contributed by atoms with Gasteiger partial charge in [0.05, 0.1) is 31.3 Å². The van der Waals surface area contributed by atoms with Gasteiger partial charge in [0, 0.05) is 29.5 Å². The Kier molecular flexibility index (Phi) is 5.30. The molecular weight excluding hydrogens is 434 g/mol. The molecule has 5 rings (SSSR count). The van der Waals surface area contributed by atoms with E-state index in [0.717, 1.165) is 28.2 Å². The van der Waals surface area contributed by atoms with E-state index in [-0.39, 0.29) is 19.0 Å². The van der Waals surface area contributed by atoms with Crippen molar-refractivity contribution in [2.75, 3.05) is 23.7 Å². The Balaban J connectivity index is 1.29. The van der Waals surface area contributed by atoms with Crippen molar-refractivity contribution in [1.29, 1.82) is 5.26 Å². The first-order valence-electron chi connectivity index (χ1n) is 10.8. The Bertz CT molecular complexity index is 1330. The van der Waals surface area contributed by atoms with Gasteiger partial charge in [0.1, 0.15) is 5.41 Å². The van der Waals surface area contributed by atoms with Crippen molar-refractivity contribution < 1.29 is 14.7 Å². The van der Waals surface area contributed by atoms with Crippen LogP contribution in [0.5, 0.6) is 0 Å². The molecule has 0 unspecified atom stereocenters. The molecule has 1 fully saturated rings. The molecule has 0 saturated carbocycles.